The zero-order valence-corrected chi connectivity index (χ0v) is 16.8. The Morgan fingerprint density at radius 3 is 2.45 bits per heavy atom. The van der Waals surface area contributed by atoms with E-state index in [2.05, 4.69) is 20.4 Å². The van der Waals surface area contributed by atoms with E-state index < -0.39 is 12.7 Å². The lowest BCUT2D eigenvalue weighted by Crippen LogP contribution is -2.39. The van der Waals surface area contributed by atoms with Crippen LogP contribution >= 0.6 is 0 Å². The van der Waals surface area contributed by atoms with Gasteiger partial charge >= 0.3 is 6.61 Å². The first-order valence-electron chi connectivity index (χ1n) is 9.30. The molecule has 1 atom stereocenters. The van der Waals surface area contributed by atoms with E-state index in [1.807, 2.05) is 32.0 Å². The number of aliphatic imine (C=N–C) groups is 1. The van der Waals surface area contributed by atoms with Gasteiger partial charge in [-0.05, 0) is 54.8 Å². The fourth-order valence-corrected chi connectivity index (χ4v) is 2.73. The molecule has 1 unspecified atom stereocenters. The van der Waals surface area contributed by atoms with E-state index in [-0.39, 0.29) is 12.3 Å². The van der Waals surface area contributed by atoms with Gasteiger partial charge < -0.3 is 25.2 Å². The van der Waals surface area contributed by atoms with Crippen LogP contribution in [0.5, 0.6) is 11.5 Å². The molecule has 0 heterocycles. The minimum atomic E-state index is -2.88. The number of nitrogens with one attached hydrogen (secondary N) is 2. The molecule has 29 heavy (non-hydrogen) atoms. The standard InChI is InChI=1S/C21H27F2N3O3/c1-4-24-21(25-12-15-9-14(2)10-18(11-15)28-3)26-13-19(27)16-5-7-17(8-6-16)29-20(22)23/h5-11,19-20,27H,4,12-13H2,1-3H3,(H2,24,25,26). The number of methoxy groups -OCH3 is 1. The number of aliphatic hydroxyl groups excluding tert-OH is 1. The molecule has 0 saturated carbocycles. The van der Waals surface area contributed by atoms with Gasteiger partial charge in [-0.15, -0.1) is 0 Å². The third kappa shape index (κ3) is 7.57. The van der Waals surface area contributed by atoms with E-state index in [9.17, 15) is 13.9 Å². The van der Waals surface area contributed by atoms with Crippen molar-refractivity contribution in [3.63, 3.8) is 0 Å². The fraction of sp³-hybridized carbons (Fsp3) is 0.381. The Hall–Kier alpha value is -2.87. The number of guanidine groups is 1. The molecule has 0 aliphatic carbocycles. The van der Waals surface area contributed by atoms with Crippen molar-refractivity contribution < 1.29 is 23.4 Å². The number of aryl methyl sites for hydroxylation is 1. The largest absolute Gasteiger partial charge is 0.497 e. The molecule has 0 saturated heterocycles. The summed E-state index contributed by atoms with van der Waals surface area (Å²) in [6, 6.07) is 11.8. The maximum atomic E-state index is 12.2. The highest BCUT2D eigenvalue weighted by Crippen LogP contribution is 2.19. The lowest BCUT2D eigenvalue weighted by Gasteiger charge is -2.16. The number of hydrogen-bond acceptors (Lipinski definition) is 4. The summed E-state index contributed by atoms with van der Waals surface area (Å²) in [5.41, 5.74) is 2.68. The molecule has 0 aromatic heterocycles. The number of benzene rings is 2. The van der Waals surface area contributed by atoms with Crippen molar-refractivity contribution in [3.05, 3.63) is 59.2 Å². The Bertz CT molecular complexity index is 798. The summed E-state index contributed by atoms with van der Waals surface area (Å²) in [5.74, 6) is 1.39. The van der Waals surface area contributed by atoms with Crippen LogP contribution in [0.4, 0.5) is 8.78 Å². The average molecular weight is 407 g/mol. The van der Waals surface area contributed by atoms with Crippen LogP contribution in [0.25, 0.3) is 0 Å². The van der Waals surface area contributed by atoms with Crippen molar-refractivity contribution in [2.45, 2.75) is 33.1 Å². The number of nitrogens with zero attached hydrogens (tertiary/aromatic N) is 1. The molecule has 0 radical (unpaired) electrons. The Balaban J connectivity index is 1.97. The highest BCUT2D eigenvalue weighted by atomic mass is 19.3. The van der Waals surface area contributed by atoms with Gasteiger partial charge in [0.2, 0.25) is 0 Å². The Morgan fingerprint density at radius 2 is 1.83 bits per heavy atom. The van der Waals surface area contributed by atoms with Crippen LogP contribution in [0.3, 0.4) is 0 Å². The van der Waals surface area contributed by atoms with Gasteiger partial charge in [-0.1, -0.05) is 18.2 Å². The molecule has 0 spiro atoms. The number of halogens is 2. The van der Waals surface area contributed by atoms with Crippen LogP contribution in [0.2, 0.25) is 0 Å². The minimum Gasteiger partial charge on any atom is -0.497 e. The van der Waals surface area contributed by atoms with Crippen LogP contribution in [-0.4, -0.2) is 37.9 Å². The van der Waals surface area contributed by atoms with Gasteiger partial charge in [0.05, 0.1) is 19.8 Å². The smallest absolute Gasteiger partial charge is 0.387 e. The second kappa shape index (κ2) is 11.2. The second-order valence-electron chi connectivity index (χ2n) is 6.40. The second-order valence-corrected chi connectivity index (χ2v) is 6.40. The normalized spacial score (nSPS) is 12.6. The highest BCUT2D eigenvalue weighted by molar-refractivity contribution is 5.79. The SMILES string of the molecule is CCNC(=NCc1cc(C)cc(OC)c1)NCC(O)c1ccc(OC(F)F)cc1. The van der Waals surface area contributed by atoms with Crippen molar-refractivity contribution >= 4 is 5.96 Å². The Labute approximate surface area is 169 Å². The molecule has 2 rings (SSSR count). The maximum Gasteiger partial charge on any atom is 0.387 e. The van der Waals surface area contributed by atoms with Gasteiger partial charge in [0.1, 0.15) is 11.5 Å². The van der Waals surface area contributed by atoms with E-state index in [4.69, 9.17) is 4.74 Å². The van der Waals surface area contributed by atoms with Crippen molar-refractivity contribution in [3.8, 4) is 11.5 Å². The third-order valence-corrected chi connectivity index (χ3v) is 4.06. The lowest BCUT2D eigenvalue weighted by atomic mass is 10.1. The zero-order valence-electron chi connectivity index (χ0n) is 16.8. The van der Waals surface area contributed by atoms with E-state index in [0.717, 1.165) is 16.9 Å². The van der Waals surface area contributed by atoms with E-state index >= 15 is 0 Å². The van der Waals surface area contributed by atoms with E-state index in [1.54, 1.807) is 19.2 Å². The van der Waals surface area contributed by atoms with E-state index in [0.29, 0.717) is 24.6 Å². The van der Waals surface area contributed by atoms with Crippen molar-refractivity contribution in [2.75, 3.05) is 20.2 Å². The van der Waals surface area contributed by atoms with Crippen molar-refractivity contribution in [2.24, 2.45) is 4.99 Å². The summed E-state index contributed by atoms with van der Waals surface area (Å²) in [5, 5.41) is 16.6. The van der Waals surface area contributed by atoms with Crippen molar-refractivity contribution in [1.29, 1.82) is 0 Å². The summed E-state index contributed by atoms with van der Waals surface area (Å²) in [4.78, 5) is 4.54. The summed E-state index contributed by atoms with van der Waals surface area (Å²) in [6.45, 7) is 2.39. The highest BCUT2D eigenvalue weighted by Gasteiger charge is 2.10. The predicted molar refractivity (Wildman–Crippen MR) is 109 cm³/mol. The van der Waals surface area contributed by atoms with Crippen LogP contribution in [0.15, 0.2) is 47.5 Å². The number of alkyl halides is 2. The molecule has 8 heteroatoms. The first-order chi connectivity index (χ1) is 13.9. The summed E-state index contributed by atoms with van der Waals surface area (Å²) in [7, 11) is 1.63. The van der Waals surface area contributed by atoms with Gasteiger partial charge in [0.15, 0.2) is 5.96 Å². The molecular weight excluding hydrogens is 380 g/mol. The average Bonchev–Trinajstić information content (AvgIpc) is 2.69. The number of ether oxygens (including phenoxy) is 2. The number of aliphatic hydroxyl groups is 1. The fourth-order valence-electron chi connectivity index (χ4n) is 2.73. The molecule has 6 nitrogen and oxygen atoms in total. The number of hydrogen-bond donors (Lipinski definition) is 3. The Morgan fingerprint density at radius 1 is 1.10 bits per heavy atom. The molecular formula is C21H27F2N3O3. The monoisotopic (exact) mass is 407 g/mol. The summed E-state index contributed by atoms with van der Waals surface area (Å²) >= 11 is 0. The van der Waals surface area contributed by atoms with Crippen molar-refractivity contribution in [1.82, 2.24) is 10.6 Å². The van der Waals surface area contributed by atoms with Crippen LogP contribution in [0, 0.1) is 6.92 Å². The van der Waals surface area contributed by atoms with Gasteiger partial charge in [-0.3, -0.25) is 0 Å². The molecule has 158 valence electrons. The Kier molecular flexibility index (Phi) is 8.67. The van der Waals surface area contributed by atoms with Gasteiger partial charge in [0.25, 0.3) is 0 Å². The van der Waals surface area contributed by atoms with Gasteiger partial charge in [0, 0.05) is 13.1 Å². The predicted octanol–water partition coefficient (Wildman–Crippen LogP) is 3.39. The molecule has 0 amide bonds. The topological polar surface area (TPSA) is 75.1 Å². The quantitative estimate of drug-likeness (QED) is 0.439. The molecule has 0 bridgehead atoms. The zero-order chi connectivity index (χ0) is 21.2. The molecule has 0 fully saturated rings. The van der Waals surface area contributed by atoms with Crippen LogP contribution < -0.4 is 20.1 Å². The van der Waals surface area contributed by atoms with Gasteiger partial charge in [-0.2, -0.15) is 8.78 Å². The first kappa shape index (κ1) is 22.4. The van der Waals surface area contributed by atoms with E-state index in [1.165, 1.54) is 12.1 Å². The molecule has 2 aromatic rings. The number of rotatable bonds is 9. The molecule has 0 aliphatic heterocycles. The molecule has 2 aromatic carbocycles. The minimum absolute atomic E-state index is 0.0485. The van der Waals surface area contributed by atoms with Crippen LogP contribution in [0.1, 0.15) is 29.7 Å². The van der Waals surface area contributed by atoms with Gasteiger partial charge in [-0.25, -0.2) is 4.99 Å². The first-order valence-corrected chi connectivity index (χ1v) is 9.30. The lowest BCUT2D eigenvalue weighted by molar-refractivity contribution is -0.0498. The maximum absolute atomic E-state index is 12.2. The third-order valence-electron chi connectivity index (χ3n) is 4.06. The molecule has 3 N–H and O–H groups in total. The molecule has 0 aliphatic rings. The summed E-state index contributed by atoms with van der Waals surface area (Å²) < 4.78 is 34.0. The van der Waals surface area contributed by atoms with Crippen LogP contribution in [-0.2, 0) is 6.54 Å². The summed E-state index contributed by atoms with van der Waals surface area (Å²) in [6.07, 6.45) is -0.835.